The molecule has 2 amide bonds. The van der Waals surface area contributed by atoms with Crippen LogP contribution in [0, 0.1) is 0 Å². The number of amides is 2. The first-order valence-corrected chi connectivity index (χ1v) is 5.84. The summed E-state index contributed by atoms with van der Waals surface area (Å²) in [4.78, 5) is 33.6. The zero-order valence-corrected chi connectivity index (χ0v) is 10.3. The molecule has 0 bridgehead atoms. The average molecular weight is 265 g/mol. The molecule has 1 aromatic rings. The fraction of sp³-hybridized carbons (Fsp3) is 0.308. The number of carboxylic acids is 1. The van der Waals surface area contributed by atoms with E-state index in [9.17, 15) is 14.4 Å². The van der Waals surface area contributed by atoms with Gasteiger partial charge in [-0.05, 0) is 25.0 Å². The minimum Gasteiger partial charge on any atom is -0.481 e. The quantitative estimate of drug-likeness (QED) is 0.601. The first-order chi connectivity index (χ1) is 9.13. The van der Waals surface area contributed by atoms with Gasteiger partial charge >= 0.3 is 12.1 Å². The minimum atomic E-state index is -0.899. The molecule has 1 N–H and O–H groups in total. The zero-order chi connectivity index (χ0) is 14.1. The van der Waals surface area contributed by atoms with Gasteiger partial charge in [-0.3, -0.25) is 9.59 Å². The van der Waals surface area contributed by atoms with E-state index in [4.69, 9.17) is 9.84 Å². The lowest BCUT2D eigenvalue weighted by Crippen LogP contribution is -2.33. The molecule has 0 saturated heterocycles. The highest BCUT2D eigenvalue weighted by Crippen LogP contribution is 2.10. The molecular weight excluding hydrogens is 250 g/mol. The molecule has 0 aliphatic rings. The molecule has 6 heteroatoms. The maximum Gasteiger partial charge on any atom is 0.421 e. The van der Waals surface area contributed by atoms with Crippen LogP contribution in [0.2, 0.25) is 0 Å². The zero-order valence-electron chi connectivity index (χ0n) is 10.3. The van der Waals surface area contributed by atoms with Crippen molar-refractivity contribution in [3.05, 3.63) is 30.3 Å². The number of carboxylic acid groups (broad SMARTS) is 1. The van der Waals surface area contributed by atoms with Crippen molar-refractivity contribution in [1.82, 2.24) is 4.90 Å². The lowest BCUT2D eigenvalue weighted by atomic mass is 10.2. The van der Waals surface area contributed by atoms with Crippen molar-refractivity contribution in [2.75, 3.05) is 6.54 Å². The van der Waals surface area contributed by atoms with Gasteiger partial charge in [-0.25, -0.2) is 9.69 Å². The van der Waals surface area contributed by atoms with E-state index < -0.39 is 12.1 Å². The Morgan fingerprint density at radius 2 is 1.89 bits per heavy atom. The number of ether oxygens (including phenoxy) is 1. The van der Waals surface area contributed by atoms with Crippen LogP contribution in [0.15, 0.2) is 30.3 Å². The van der Waals surface area contributed by atoms with Gasteiger partial charge in [-0.2, -0.15) is 0 Å². The SMILES string of the molecule is O=CN(CCCCC(=O)O)C(=O)Oc1ccccc1. The molecule has 19 heavy (non-hydrogen) atoms. The van der Waals surface area contributed by atoms with E-state index in [1.807, 2.05) is 0 Å². The molecule has 1 rings (SSSR count). The van der Waals surface area contributed by atoms with Gasteiger partial charge in [0.2, 0.25) is 6.41 Å². The van der Waals surface area contributed by atoms with Crippen LogP contribution < -0.4 is 4.74 Å². The Labute approximate surface area is 110 Å². The van der Waals surface area contributed by atoms with Gasteiger partial charge in [0.1, 0.15) is 5.75 Å². The monoisotopic (exact) mass is 265 g/mol. The molecule has 102 valence electrons. The number of para-hydroxylation sites is 1. The van der Waals surface area contributed by atoms with Crippen molar-refractivity contribution in [2.45, 2.75) is 19.3 Å². The number of carbonyl (C=O) groups excluding carboxylic acids is 2. The molecule has 0 saturated carbocycles. The lowest BCUT2D eigenvalue weighted by molar-refractivity contribution is -0.137. The molecule has 0 atom stereocenters. The van der Waals surface area contributed by atoms with E-state index >= 15 is 0 Å². The van der Waals surface area contributed by atoms with Crippen molar-refractivity contribution in [2.24, 2.45) is 0 Å². The summed E-state index contributed by atoms with van der Waals surface area (Å²) in [6.45, 7) is 0.141. The smallest absolute Gasteiger partial charge is 0.421 e. The van der Waals surface area contributed by atoms with Crippen LogP contribution >= 0.6 is 0 Å². The van der Waals surface area contributed by atoms with E-state index in [-0.39, 0.29) is 13.0 Å². The summed E-state index contributed by atoms with van der Waals surface area (Å²) in [5.74, 6) is -0.547. The standard InChI is InChI=1S/C13H15NO5/c15-10-14(9-5-4-8-12(16)17)13(18)19-11-6-2-1-3-7-11/h1-3,6-7,10H,4-5,8-9H2,(H,16,17). The lowest BCUT2D eigenvalue weighted by Gasteiger charge is -2.14. The number of hydrogen-bond donors (Lipinski definition) is 1. The fourth-order valence-electron chi connectivity index (χ4n) is 1.39. The summed E-state index contributed by atoms with van der Waals surface area (Å²) >= 11 is 0. The second kappa shape index (κ2) is 7.86. The molecular formula is C13H15NO5. The summed E-state index contributed by atoms with van der Waals surface area (Å²) < 4.78 is 4.98. The second-order valence-corrected chi connectivity index (χ2v) is 3.83. The number of benzene rings is 1. The Morgan fingerprint density at radius 3 is 2.47 bits per heavy atom. The molecule has 0 aliphatic heterocycles. The van der Waals surface area contributed by atoms with E-state index in [1.54, 1.807) is 30.3 Å². The number of rotatable bonds is 7. The van der Waals surface area contributed by atoms with Gasteiger partial charge in [-0.15, -0.1) is 0 Å². The number of nitrogens with zero attached hydrogens (tertiary/aromatic N) is 1. The predicted molar refractivity (Wildman–Crippen MR) is 66.7 cm³/mol. The van der Waals surface area contributed by atoms with Crippen LogP contribution in [0.1, 0.15) is 19.3 Å². The van der Waals surface area contributed by atoms with Gasteiger partial charge in [0.05, 0.1) is 0 Å². The molecule has 6 nitrogen and oxygen atoms in total. The third-order valence-electron chi connectivity index (χ3n) is 2.35. The first-order valence-electron chi connectivity index (χ1n) is 5.84. The Kier molecular flexibility index (Phi) is 6.08. The van der Waals surface area contributed by atoms with Crippen molar-refractivity contribution in [3.63, 3.8) is 0 Å². The summed E-state index contributed by atoms with van der Waals surface area (Å²) in [5.41, 5.74) is 0. The number of carbonyl (C=O) groups is 3. The highest BCUT2D eigenvalue weighted by atomic mass is 16.6. The second-order valence-electron chi connectivity index (χ2n) is 3.83. The van der Waals surface area contributed by atoms with E-state index in [2.05, 4.69) is 0 Å². The molecule has 0 fully saturated rings. The molecule has 0 radical (unpaired) electrons. The van der Waals surface area contributed by atoms with E-state index in [1.165, 1.54) is 0 Å². The maximum atomic E-state index is 11.6. The largest absolute Gasteiger partial charge is 0.481 e. The number of aliphatic carboxylic acids is 1. The normalized spacial score (nSPS) is 9.68. The highest BCUT2D eigenvalue weighted by Gasteiger charge is 2.14. The van der Waals surface area contributed by atoms with Gasteiger partial charge in [0, 0.05) is 13.0 Å². The van der Waals surface area contributed by atoms with Crippen molar-refractivity contribution >= 4 is 18.5 Å². The van der Waals surface area contributed by atoms with Crippen molar-refractivity contribution < 1.29 is 24.2 Å². The van der Waals surface area contributed by atoms with Crippen LogP contribution in [0.25, 0.3) is 0 Å². The number of hydrogen-bond acceptors (Lipinski definition) is 4. The number of imide groups is 1. The molecule has 0 heterocycles. The minimum absolute atomic E-state index is 0.0143. The first kappa shape index (κ1) is 14.7. The molecule has 0 aliphatic carbocycles. The molecule has 0 unspecified atom stereocenters. The van der Waals surface area contributed by atoms with Crippen molar-refractivity contribution in [3.8, 4) is 5.75 Å². The van der Waals surface area contributed by atoms with E-state index in [0.29, 0.717) is 25.0 Å². The summed E-state index contributed by atoms with van der Waals surface area (Å²) in [7, 11) is 0. The van der Waals surface area contributed by atoms with Crippen LogP contribution in [-0.2, 0) is 9.59 Å². The van der Waals surface area contributed by atoms with Crippen LogP contribution in [-0.4, -0.2) is 35.0 Å². The van der Waals surface area contributed by atoms with Crippen LogP contribution in [0.5, 0.6) is 5.75 Å². The fourth-order valence-corrected chi connectivity index (χ4v) is 1.39. The van der Waals surface area contributed by atoms with E-state index in [0.717, 1.165) is 4.90 Å². The topological polar surface area (TPSA) is 83.9 Å². The Bertz CT molecular complexity index is 432. The Balaban J connectivity index is 2.39. The summed E-state index contributed by atoms with van der Waals surface area (Å²) in [6, 6.07) is 8.40. The third kappa shape index (κ3) is 5.67. The van der Waals surface area contributed by atoms with Gasteiger partial charge in [0.15, 0.2) is 0 Å². The average Bonchev–Trinajstić information content (AvgIpc) is 2.39. The Hall–Kier alpha value is -2.37. The summed E-state index contributed by atoms with van der Waals surface area (Å²) in [5, 5.41) is 8.47. The van der Waals surface area contributed by atoms with Gasteiger partial charge in [-0.1, -0.05) is 18.2 Å². The van der Waals surface area contributed by atoms with Crippen LogP contribution in [0.3, 0.4) is 0 Å². The third-order valence-corrected chi connectivity index (χ3v) is 2.35. The molecule has 0 spiro atoms. The van der Waals surface area contributed by atoms with Crippen molar-refractivity contribution in [1.29, 1.82) is 0 Å². The van der Waals surface area contributed by atoms with Gasteiger partial charge in [0.25, 0.3) is 0 Å². The van der Waals surface area contributed by atoms with Gasteiger partial charge < -0.3 is 9.84 Å². The highest BCUT2D eigenvalue weighted by molar-refractivity contribution is 5.81. The van der Waals surface area contributed by atoms with Crippen LogP contribution in [0.4, 0.5) is 4.79 Å². The Morgan fingerprint density at radius 1 is 1.21 bits per heavy atom. The summed E-state index contributed by atoms with van der Waals surface area (Å²) in [6.07, 6.45) is 0.455. The molecule has 1 aromatic carbocycles. The number of unbranched alkanes of at least 4 members (excludes halogenated alkanes) is 1. The maximum absolute atomic E-state index is 11.6. The predicted octanol–water partition coefficient (Wildman–Crippen LogP) is 1.90. The molecule has 0 aromatic heterocycles.